The van der Waals surface area contributed by atoms with Gasteiger partial charge in [-0.2, -0.15) is 4.98 Å². The van der Waals surface area contributed by atoms with E-state index in [1.54, 1.807) is 18.2 Å². The number of aryl methyl sites for hydroxylation is 2. The fourth-order valence-corrected chi connectivity index (χ4v) is 3.06. The molecule has 0 aliphatic heterocycles. The third kappa shape index (κ3) is 4.22. The first-order valence-electron chi connectivity index (χ1n) is 9.73. The van der Waals surface area contributed by atoms with Crippen LogP contribution < -0.4 is 9.47 Å². The monoisotopic (exact) mass is 437 g/mol. The Kier molecular flexibility index (Phi) is 5.25. The molecule has 8 nitrogen and oxygen atoms in total. The van der Waals surface area contributed by atoms with E-state index in [9.17, 15) is 14.3 Å². The molecular formula is C23H20FN3O5. The van der Waals surface area contributed by atoms with Crippen molar-refractivity contribution in [1.29, 1.82) is 0 Å². The quantitative estimate of drug-likeness (QED) is 0.445. The Morgan fingerprint density at radius 3 is 2.50 bits per heavy atom. The summed E-state index contributed by atoms with van der Waals surface area (Å²) in [5.41, 5.74) is 1.41. The summed E-state index contributed by atoms with van der Waals surface area (Å²) < 4.78 is 30.4. The van der Waals surface area contributed by atoms with Crippen molar-refractivity contribution in [3.63, 3.8) is 0 Å². The lowest BCUT2D eigenvalue weighted by Crippen LogP contribution is -2.38. The summed E-state index contributed by atoms with van der Waals surface area (Å²) in [4.78, 5) is 24.1. The zero-order chi connectivity index (χ0) is 23.0. The van der Waals surface area contributed by atoms with Gasteiger partial charge in [0, 0.05) is 11.6 Å². The van der Waals surface area contributed by atoms with Crippen molar-refractivity contribution in [1.82, 2.24) is 15.0 Å². The van der Waals surface area contributed by atoms with E-state index < -0.39 is 17.4 Å². The molecule has 0 spiro atoms. The summed E-state index contributed by atoms with van der Waals surface area (Å²) in [6.07, 6.45) is 1.45. The van der Waals surface area contributed by atoms with Gasteiger partial charge in [-0.15, -0.1) is 0 Å². The molecule has 2 aromatic carbocycles. The minimum absolute atomic E-state index is 0.00203. The molecule has 0 atom stereocenters. The van der Waals surface area contributed by atoms with E-state index in [4.69, 9.17) is 13.9 Å². The van der Waals surface area contributed by atoms with Crippen LogP contribution in [0.2, 0.25) is 0 Å². The molecule has 2 aromatic heterocycles. The third-order valence-corrected chi connectivity index (χ3v) is 4.71. The Labute approximate surface area is 182 Å². The number of nitrogens with zero attached hydrogens (tertiary/aromatic N) is 3. The Bertz CT molecular complexity index is 1310. The molecule has 2 heterocycles. The molecule has 0 saturated carbocycles. The van der Waals surface area contributed by atoms with E-state index in [2.05, 4.69) is 15.0 Å². The minimum atomic E-state index is -1.37. The fraction of sp³-hybridized carbons (Fsp3) is 0.217. The average Bonchev–Trinajstić information content (AvgIpc) is 3.14. The maximum atomic E-state index is 13.4. The number of oxazole rings is 1. The number of hydrogen-bond donors (Lipinski definition) is 1. The van der Waals surface area contributed by atoms with Crippen molar-refractivity contribution in [3.05, 3.63) is 59.5 Å². The van der Waals surface area contributed by atoms with Crippen molar-refractivity contribution < 1.29 is 28.2 Å². The van der Waals surface area contributed by atoms with Crippen LogP contribution in [0, 0.1) is 19.7 Å². The number of hydrogen-bond acceptors (Lipinski definition) is 7. The largest absolute Gasteiger partial charge is 0.478 e. The second-order valence-corrected chi connectivity index (χ2v) is 7.78. The number of carboxylic acids is 1. The van der Waals surface area contributed by atoms with Crippen molar-refractivity contribution in [2.45, 2.75) is 33.3 Å². The van der Waals surface area contributed by atoms with Crippen LogP contribution in [0.25, 0.3) is 22.7 Å². The van der Waals surface area contributed by atoms with Gasteiger partial charge in [0.1, 0.15) is 22.8 Å². The molecule has 0 aliphatic rings. The van der Waals surface area contributed by atoms with E-state index in [0.29, 0.717) is 22.7 Å². The van der Waals surface area contributed by atoms with Crippen molar-refractivity contribution in [2.24, 2.45) is 0 Å². The van der Waals surface area contributed by atoms with Gasteiger partial charge in [0.25, 0.3) is 5.71 Å². The normalized spacial score (nSPS) is 11.5. The number of ether oxygens (including phenoxy) is 2. The lowest BCUT2D eigenvalue weighted by atomic mass is 10.0. The Hall–Kier alpha value is -4.01. The van der Waals surface area contributed by atoms with Crippen molar-refractivity contribution in [3.8, 4) is 29.0 Å². The van der Waals surface area contributed by atoms with E-state index >= 15 is 0 Å². The summed E-state index contributed by atoms with van der Waals surface area (Å²) in [6, 6.07) is 9.22. The van der Waals surface area contributed by atoms with Gasteiger partial charge in [-0.25, -0.2) is 19.2 Å². The van der Waals surface area contributed by atoms with E-state index in [-0.39, 0.29) is 17.5 Å². The SMILES string of the molecule is Cc1cc(-c2nc3cnc(Oc4cccc(F)c4)nc3o2)cc(C)c1OC(C)(C)C(=O)O. The maximum absolute atomic E-state index is 13.4. The molecule has 0 bridgehead atoms. The summed E-state index contributed by atoms with van der Waals surface area (Å²) in [5, 5.41) is 9.33. The molecule has 1 N–H and O–H groups in total. The Balaban J connectivity index is 1.64. The number of fused-ring (bicyclic) bond motifs is 1. The molecule has 0 fully saturated rings. The summed E-state index contributed by atoms with van der Waals surface area (Å²) in [7, 11) is 0. The first kappa shape index (κ1) is 21.2. The highest BCUT2D eigenvalue weighted by Gasteiger charge is 2.30. The molecular weight excluding hydrogens is 417 g/mol. The van der Waals surface area contributed by atoms with Crippen LogP contribution in [0.1, 0.15) is 25.0 Å². The van der Waals surface area contributed by atoms with Gasteiger partial charge in [0.15, 0.2) is 5.60 Å². The van der Waals surface area contributed by atoms with Gasteiger partial charge >= 0.3 is 12.0 Å². The standard InChI is InChI=1S/C23H20FN3O5/c1-12-8-14(9-13(2)18(12)32-23(3,4)21(28)29)19-26-17-11-25-22(27-20(17)31-19)30-16-7-5-6-15(24)10-16/h5-11H,1-4H3,(H,28,29). The second kappa shape index (κ2) is 7.92. The predicted octanol–water partition coefficient (Wildman–Crippen LogP) is 5.08. The van der Waals surface area contributed by atoms with Gasteiger partial charge < -0.3 is 19.0 Å². The molecule has 9 heteroatoms. The topological polar surface area (TPSA) is 108 Å². The molecule has 0 amide bonds. The maximum Gasteiger partial charge on any atom is 0.347 e. The highest BCUT2D eigenvalue weighted by Crippen LogP contribution is 2.33. The molecule has 164 valence electrons. The van der Waals surface area contributed by atoms with Gasteiger partial charge in [0.05, 0.1) is 6.20 Å². The number of rotatable bonds is 6. The van der Waals surface area contributed by atoms with Crippen LogP contribution in [0.3, 0.4) is 0 Å². The van der Waals surface area contributed by atoms with Gasteiger partial charge in [-0.05, 0) is 63.1 Å². The highest BCUT2D eigenvalue weighted by molar-refractivity contribution is 5.77. The zero-order valence-electron chi connectivity index (χ0n) is 17.8. The van der Waals surface area contributed by atoms with Crippen LogP contribution in [0.5, 0.6) is 17.5 Å². The lowest BCUT2D eigenvalue weighted by Gasteiger charge is -2.24. The molecule has 0 radical (unpaired) electrons. The number of carbonyl (C=O) groups is 1. The van der Waals surface area contributed by atoms with Crippen molar-refractivity contribution >= 4 is 17.2 Å². The Morgan fingerprint density at radius 2 is 1.84 bits per heavy atom. The molecule has 32 heavy (non-hydrogen) atoms. The third-order valence-electron chi connectivity index (χ3n) is 4.71. The molecule has 0 aliphatic carbocycles. The fourth-order valence-electron chi connectivity index (χ4n) is 3.06. The van der Waals surface area contributed by atoms with E-state index in [1.807, 2.05) is 13.8 Å². The molecule has 0 unspecified atom stereocenters. The van der Waals surface area contributed by atoms with Gasteiger partial charge in [-0.3, -0.25) is 0 Å². The average molecular weight is 437 g/mol. The summed E-state index contributed by atoms with van der Waals surface area (Å²) >= 11 is 0. The number of benzene rings is 2. The van der Waals surface area contributed by atoms with Gasteiger partial charge in [-0.1, -0.05) is 6.07 Å². The number of halogens is 1. The highest BCUT2D eigenvalue weighted by atomic mass is 19.1. The molecule has 4 rings (SSSR count). The van der Waals surface area contributed by atoms with Crippen LogP contribution in [0.4, 0.5) is 4.39 Å². The minimum Gasteiger partial charge on any atom is -0.478 e. The molecule has 4 aromatic rings. The first-order valence-corrected chi connectivity index (χ1v) is 9.73. The number of carboxylic acid groups (broad SMARTS) is 1. The number of aliphatic carboxylic acids is 1. The predicted molar refractivity (Wildman–Crippen MR) is 113 cm³/mol. The summed E-state index contributed by atoms with van der Waals surface area (Å²) in [5.74, 6) is -0.435. The smallest absolute Gasteiger partial charge is 0.347 e. The first-order chi connectivity index (χ1) is 15.1. The van der Waals surface area contributed by atoms with Crippen LogP contribution in [-0.2, 0) is 4.79 Å². The number of aromatic nitrogens is 3. The summed E-state index contributed by atoms with van der Waals surface area (Å²) in [6.45, 7) is 6.62. The van der Waals surface area contributed by atoms with Crippen LogP contribution in [-0.4, -0.2) is 31.6 Å². The lowest BCUT2D eigenvalue weighted by molar-refractivity contribution is -0.152. The van der Waals surface area contributed by atoms with Crippen LogP contribution in [0.15, 0.2) is 47.0 Å². The molecule has 0 saturated heterocycles. The van der Waals surface area contributed by atoms with E-state index in [1.165, 1.54) is 38.2 Å². The van der Waals surface area contributed by atoms with Crippen LogP contribution >= 0.6 is 0 Å². The van der Waals surface area contributed by atoms with Gasteiger partial charge in [0.2, 0.25) is 5.89 Å². The zero-order valence-corrected chi connectivity index (χ0v) is 17.8. The Morgan fingerprint density at radius 1 is 1.12 bits per heavy atom. The van der Waals surface area contributed by atoms with E-state index in [0.717, 1.165) is 11.1 Å². The van der Waals surface area contributed by atoms with Crippen molar-refractivity contribution in [2.75, 3.05) is 0 Å². The second-order valence-electron chi connectivity index (χ2n) is 7.78.